The Morgan fingerprint density at radius 3 is 2.62 bits per heavy atom. The third kappa shape index (κ3) is 2.13. The molecule has 4 nitrogen and oxygen atoms in total. The van der Waals surface area contributed by atoms with Gasteiger partial charge in [0.2, 0.25) is 5.91 Å². The Morgan fingerprint density at radius 2 is 1.86 bits per heavy atom. The van der Waals surface area contributed by atoms with Gasteiger partial charge in [0.1, 0.15) is 12.1 Å². The van der Waals surface area contributed by atoms with Crippen molar-refractivity contribution in [1.82, 2.24) is 4.90 Å². The summed E-state index contributed by atoms with van der Waals surface area (Å²) in [5, 5.41) is 0. The number of aryl methyl sites for hydroxylation is 1. The van der Waals surface area contributed by atoms with E-state index in [0.29, 0.717) is 0 Å². The van der Waals surface area contributed by atoms with Crippen LogP contribution in [0.3, 0.4) is 0 Å². The van der Waals surface area contributed by atoms with Crippen molar-refractivity contribution in [2.75, 3.05) is 11.4 Å². The number of benzene rings is 1. The first-order valence-corrected chi connectivity index (χ1v) is 7.72. The third-order valence-electron chi connectivity index (χ3n) is 4.89. The molecule has 21 heavy (non-hydrogen) atoms. The Hall–Kier alpha value is -1.84. The number of piperazine rings is 1. The molecule has 0 radical (unpaired) electrons. The molecule has 0 aliphatic carbocycles. The topological polar surface area (TPSA) is 40.6 Å². The van der Waals surface area contributed by atoms with Gasteiger partial charge in [-0.3, -0.25) is 14.5 Å². The maximum absolute atomic E-state index is 12.9. The van der Waals surface area contributed by atoms with Gasteiger partial charge in [-0.25, -0.2) is 0 Å². The maximum atomic E-state index is 12.9. The Labute approximate surface area is 125 Å². The van der Waals surface area contributed by atoms with Gasteiger partial charge >= 0.3 is 0 Å². The predicted octanol–water partition coefficient (Wildman–Crippen LogP) is 2.42. The molecule has 2 heterocycles. The van der Waals surface area contributed by atoms with Crippen LogP contribution in [0.1, 0.15) is 37.3 Å². The van der Waals surface area contributed by atoms with E-state index >= 15 is 0 Å². The number of amides is 2. The second-order valence-corrected chi connectivity index (χ2v) is 6.15. The number of hydrogen-bond acceptors (Lipinski definition) is 2. The van der Waals surface area contributed by atoms with Crippen molar-refractivity contribution >= 4 is 17.5 Å². The fourth-order valence-electron chi connectivity index (χ4n) is 3.48. The van der Waals surface area contributed by atoms with E-state index in [1.807, 2.05) is 39.0 Å². The summed E-state index contributed by atoms with van der Waals surface area (Å²) in [6, 6.07) is 5.26. The van der Waals surface area contributed by atoms with Crippen molar-refractivity contribution in [1.29, 1.82) is 0 Å². The lowest BCUT2D eigenvalue weighted by molar-refractivity contribution is -0.147. The molecule has 2 saturated heterocycles. The fraction of sp³-hybridized carbons (Fsp3) is 0.529. The fourth-order valence-corrected chi connectivity index (χ4v) is 3.48. The van der Waals surface area contributed by atoms with Crippen LogP contribution in [0, 0.1) is 13.8 Å². The molecular weight excluding hydrogens is 264 g/mol. The zero-order chi connectivity index (χ0) is 15.1. The van der Waals surface area contributed by atoms with Crippen LogP contribution >= 0.6 is 0 Å². The Morgan fingerprint density at radius 1 is 1.10 bits per heavy atom. The SMILES string of the molecule is Cc1cccc(N2C(=O)C3CCCCN3C(=O)C2C)c1C. The lowest BCUT2D eigenvalue weighted by Gasteiger charge is -2.46. The van der Waals surface area contributed by atoms with Gasteiger partial charge in [-0.2, -0.15) is 0 Å². The largest absolute Gasteiger partial charge is 0.329 e. The Kier molecular flexibility index (Phi) is 3.47. The highest BCUT2D eigenvalue weighted by Crippen LogP contribution is 2.32. The lowest BCUT2D eigenvalue weighted by Crippen LogP contribution is -2.65. The number of rotatable bonds is 1. The molecule has 0 aromatic heterocycles. The second kappa shape index (κ2) is 5.17. The van der Waals surface area contributed by atoms with Gasteiger partial charge in [0.15, 0.2) is 0 Å². The molecule has 0 N–H and O–H groups in total. The predicted molar refractivity (Wildman–Crippen MR) is 82.2 cm³/mol. The molecule has 2 fully saturated rings. The van der Waals surface area contributed by atoms with Gasteiger partial charge in [-0.05, 0) is 57.2 Å². The summed E-state index contributed by atoms with van der Waals surface area (Å²) in [4.78, 5) is 29.0. The normalized spacial score (nSPS) is 26.0. The van der Waals surface area contributed by atoms with Gasteiger partial charge < -0.3 is 4.90 Å². The average molecular weight is 286 g/mol. The molecule has 3 rings (SSSR count). The van der Waals surface area contributed by atoms with Crippen LogP contribution in [0.5, 0.6) is 0 Å². The van der Waals surface area contributed by atoms with Gasteiger partial charge in [0.05, 0.1) is 0 Å². The number of hydrogen-bond donors (Lipinski definition) is 0. The van der Waals surface area contributed by atoms with Gasteiger partial charge in [-0.1, -0.05) is 12.1 Å². The van der Waals surface area contributed by atoms with Crippen molar-refractivity contribution in [3.05, 3.63) is 29.3 Å². The molecule has 2 aliphatic rings. The molecule has 0 bridgehead atoms. The van der Waals surface area contributed by atoms with E-state index in [1.165, 1.54) is 0 Å². The van der Waals surface area contributed by atoms with E-state index < -0.39 is 6.04 Å². The first-order valence-electron chi connectivity index (χ1n) is 7.72. The van der Waals surface area contributed by atoms with Crippen LogP contribution in [0.4, 0.5) is 5.69 Å². The summed E-state index contributed by atoms with van der Waals surface area (Å²) < 4.78 is 0. The molecule has 2 unspecified atom stereocenters. The first kappa shape index (κ1) is 14.1. The smallest absolute Gasteiger partial charge is 0.250 e. The summed E-state index contributed by atoms with van der Waals surface area (Å²) in [5.74, 6) is 0.163. The third-order valence-corrected chi connectivity index (χ3v) is 4.89. The van der Waals surface area contributed by atoms with Crippen molar-refractivity contribution in [2.24, 2.45) is 0 Å². The number of anilines is 1. The molecule has 0 saturated carbocycles. The summed E-state index contributed by atoms with van der Waals surface area (Å²) in [6.07, 6.45) is 2.82. The number of nitrogens with zero attached hydrogens (tertiary/aromatic N) is 2. The molecule has 4 heteroatoms. The van der Waals surface area contributed by atoms with Crippen LogP contribution in [0.25, 0.3) is 0 Å². The summed E-state index contributed by atoms with van der Waals surface area (Å²) in [6.45, 7) is 6.61. The van der Waals surface area contributed by atoms with Crippen molar-refractivity contribution in [3.63, 3.8) is 0 Å². The highest BCUT2D eigenvalue weighted by molar-refractivity contribution is 6.08. The molecule has 0 spiro atoms. The summed E-state index contributed by atoms with van der Waals surface area (Å²) >= 11 is 0. The van der Waals surface area contributed by atoms with Crippen molar-refractivity contribution in [2.45, 2.75) is 52.1 Å². The number of carbonyl (C=O) groups excluding carboxylic acids is 2. The van der Waals surface area contributed by atoms with Crippen LogP contribution in [0.15, 0.2) is 18.2 Å². The minimum atomic E-state index is -0.410. The zero-order valence-corrected chi connectivity index (χ0v) is 12.9. The van der Waals surface area contributed by atoms with Gasteiger partial charge in [0, 0.05) is 12.2 Å². The number of fused-ring (bicyclic) bond motifs is 1. The van der Waals surface area contributed by atoms with E-state index in [0.717, 1.165) is 42.6 Å². The molecule has 2 atom stereocenters. The molecule has 1 aromatic carbocycles. The van der Waals surface area contributed by atoms with Crippen LogP contribution in [-0.2, 0) is 9.59 Å². The summed E-state index contributed by atoms with van der Waals surface area (Å²) in [7, 11) is 0. The van der Waals surface area contributed by atoms with Crippen molar-refractivity contribution in [3.8, 4) is 0 Å². The van der Waals surface area contributed by atoms with E-state index in [4.69, 9.17) is 0 Å². The standard InChI is InChI=1S/C17H22N2O2/c1-11-7-6-9-14(12(11)2)19-13(3)16(20)18-10-5-4-8-15(18)17(19)21/h6-7,9,13,15H,4-5,8,10H2,1-3H3. The quantitative estimate of drug-likeness (QED) is 0.795. The minimum Gasteiger partial charge on any atom is -0.329 e. The molecule has 1 aromatic rings. The highest BCUT2D eigenvalue weighted by atomic mass is 16.2. The molecule has 112 valence electrons. The molecular formula is C17H22N2O2. The molecule has 2 aliphatic heterocycles. The highest BCUT2D eigenvalue weighted by Gasteiger charge is 2.45. The van der Waals surface area contributed by atoms with E-state index in [2.05, 4.69) is 0 Å². The lowest BCUT2D eigenvalue weighted by atomic mass is 9.94. The van der Waals surface area contributed by atoms with Crippen LogP contribution < -0.4 is 4.90 Å². The Bertz CT molecular complexity index is 596. The monoisotopic (exact) mass is 286 g/mol. The zero-order valence-electron chi connectivity index (χ0n) is 12.9. The second-order valence-electron chi connectivity index (χ2n) is 6.15. The average Bonchev–Trinajstić information content (AvgIpc) is 2.49. The minimum absolute atomic E-state index is 0.0792. The van der Waals surface area contributed by atoms with E-state index in [-0.39, 0.29) is 17.9 Å². The van der Waals surface area contributed by atoms with Crippen LogP contribution in [0.2, 0.25) is 0 Å². The number of piperidine rings is 1. The van der Waals surface area contributed by atoms with Gasteiger partial charge in [0.25, 0.3) is 5.91 Å². The Balaban J connectivity index is 2.03. The maximum Gasteiger partial charge on any atom is 0.250 e. The van der Waals surface area contributed by atoms with E-state index in [9.17, 15) is 9.59 Å². The van der Waals surface area contributed by atoms with E-state index in [1.54, 1.807) is 9.80 Å². The van der Waals surface area contributed by atoms with Crippen LogP contribution in [-0.4, -0.2) is 35.3 Å². The number of carbonyl (C=O) groups is 2. The first-order chi connectivity index (χ1) is 10.0. The van der Waals surface area contributed by atoms with Crippen molar-refractivity contribution < 1.29 is 9.59 Å². The van der Waals surface area contributed by atoms with Gasteiger partial charge in [-0.15, -0.1) is 0 Å². The summed E-state index contributed by atoms with van der Waals surface area (Å²) in [5.41, 5.74) is 3.10. The molecule has 2 amide bonds.